The molecule has 2 heterocycles. The van der Waals surface area contributed by atoms with Gasteiger partial charge in [-0.3, -0.25) is 0 Å². The fourth-order valence-electron chi connectivity index (χ4n) is 1.85. The van der Waals surface area contributed by atoms with Gasteiger partial charge in [-0.05, 0) is 41.9 Å². The van der Waals surface area contributed by atoms with Gasteiger partial charge in [-0.25, -0.2) is 0 Å². The molecule has 0 fully saturated rings. The average Bonchev–Trinajstić information content (AvgIpc) is 2.83. The van der Waals surface area contributed by atoms with E-state index in [0.29, 0.717) is 0 Å². The summed E-state index contributed by atoms with van der Waals surface area (Å²) in [6, 6.07) is 10.0. The number of hydrogen-bond acceptors (Lipinski definition) is 3. The Morgan fingerprint density at radius 3 is 2.94 bits per heavy atom. The number of rotatable bonds is 1. The first-order valence-corrected chi connectivity index (χ1v) is 5.79. The highest BCUT2D eigenvalue weighted by molar-refractivity contribution is 7.13. The number of anilines is 1. The smallest absolute Gasteiger partial charge is 0.108 e. The molecule has 0 spiro atoms. The number of fused-ring (bicyclic) bond motifs is 1. The maximum absolute atomic E-state index is 5.81. The van der Waals surface area contributed by atoms with E-state index in [2.05, 4.69) is 15.0 Å². The maximum atomic E-state index is 5.81. The predicted octanol–water partition coefficient (Wildman–Crippen LogP) is 2.88. The van der Waals surface area contributed by atoms with Crippen LogP contribution in [0.15, 0.2) is 36.5 Å². The topological polar surface area (TPSA) is 43.8 Å². The standard InChI is InChI=1S/C12H11N3S/c1-15-6-2-3-10(15)12-9-7-8(13)4-5-11(9)16-14-12/h2-7H,13H2,1H3. The van der Waals surface area contributed by atoms with Crippen LogP contribution in [0.1, 0.15) is 0 Å². The number of nitrogens with zero attached hydrogens (tertiary/aromatic N) is 2. The van der Waals surface area contributed by atoms with E-state index in [-0.39, 0.29) is 0 Å². The number of aromatic nitrogens is 2. The largest absolute Gasteiger partial charge is 0.399 e. The fraction of sp³-hybridized carbons (Fsp3) is 0.0833. The molecule has 3 aromatic rings. The van der Waals surface area contributed by atoms with Gasteiger partial charge < -0.3 is 10.3 Å². The van der Waals surface area contributed by atoms with Crippen LogP contribution in [-0.2, 0) is 7.05 Å². The minimum atomic E-state index is 0.781. The summed E-state index contributed by atoms with van der Waals surface area (Å²) in [6.07, 6.45) is 2.02. The summed E-state index contributed by atoms with van der Waals surface area (Å²) < 4.78 is 7.74. The molecule has 3 nitrogen and oxygen atoms in total. The van der Waals surface area contributed by atoms with Gasteiger partial charge in [0.2, 0.25) is 0 Å². The SMILES string of the molecule is Cn1cccc1-c1nsc2ccc(N)cc12. The van der Waals surface area contributed by atoms with Crippen molar-refractivity contribution in [1.29, 1.82) is 0 Å². The van der Waals surface area contributed by atoms with Gasteiger partial charge in [0.15, 0.2) is 0 Å². The third kappa shape index (κ3) is 1.31. The molecule has 1 aromatic carbocycles. The lowest BCUT2D eigenvalue weighted by atomic mass is 10.1. The molecule has 0 saturated heterocycles. The van der Waals surface area contributed by atoms with Crippen LogP contribution < -0.4 is 5.73 Å². The molecule has 80 valence electrons. The zero-order valence-electron chi connectivity index (χ0n) is 8.84. The predicted molar refractivity (Wildman–Crippen MR) is 68.4 cm³/mol. The Morgan fingerprint density at radius 2 is 2.19 bits per heavy atom. The maximum Gasteiger partial charge on any atom is 0.108 e. The fourth-order valence-corrected chi connectivity index (χ4v) is 2.61. The second kappa shape index (κ2) is 3.35. The van der Waals surface area contributed by atoms with Crippen LogP contribution in [0.3, 0.4) is 0 Å². The zero-order valence-corrected chi connectivity index (χ0v) is 9.66. The summed E-state index contributed by atoms with van der Waals surface area (Å²) >= 11 is 1.51. The Bertz CT molecular complexity index is 651. The molecule has 0 amide bonds. The Kier molecular flexibility index (Phi) is 1.97. The first kappa shape index (κ1) is 9.42. The van der Waals surface area contributed by atoms with Gasteiger partial charge in [0.1, 0.15) is 5.69 Å². The van der Waals surface area contributed by atoms with Crippen LogP contribution in [0, 0.1) is 0 Å². The number of nitrogens with two attached hydrogens (primary N) is 1. The Labute approximate surface area is 97.3 Å². The molecule has 2 aromatic heterocycles. The molecule has 0 aliphatic heterocycles. The van der Waals surface area contributed by atoms with Crippen molar-refractivity contribution in [1.82, 2.24) is 8.94 Å². The molecule has 0 saturated carbocycles. The van der Waals surface area contributed by atoms with Crippen LogP contribution in [-0.4, -0.2) is 8.94 Å². The third-order valence-electron chi connectivity index (χ3n) is 2.68. The van der Waals surface area contributed by atoms with E-state index < -0.39 is 0 Å². The van der Waals surface area contributed by atoms with Gasteiger partial charge in [0, 0.05) is 24.3 Å². The summed E-state index contributed by atoms with van der Waals surface area (Å²) in [6.45, 7) is 0. The molecule has 16 heavy (non-hydrogen) atoms. The Hall–Kier alpha value is -1.81. The first-order valence-electron chi connectivity index (χ1n) is 5.02. The summed E-state index contributed by atoms with van der Waals surface area (Å²) in [5, 5.41) is 1.13. The van der Waals surface area contributed by atoms with Crippen molar-refractivity contribution in [2.24, 2.45) is 7.05 Å². The molecule has 2 N–H and O–H groups in total. The van der Waals surface area contributed by atoms with Gasteiger partial charge in [-0.2, -0.15) is 4.37 Å². The molecule has 0 radical (unpaired) electrons. The van der Waals surface area contributed by atoms with E-state index in [9.17, 15) is 0 Å². The quantitative estimate of drug-likeness (QED) is 0.652. The highest BCUT2D eigenvalue weighted by atomic mass is 32.1. The highest BCUT2D eigenvalue weighted by Gasteiger charge is 2.10. The van der Waals surface area contributed by atoms with Crippen LogP contribution in [0.4, 0.5) is 5.69 Å². The minimum Gasteiger partial charge on any atom is -0.399 e. The molecule has 0 aliphatic carbocycles. The summed E-state index contributed by atoms with van der Waals surface area (Å²) in [5.41, 5.74) is 8.73. The average molecular weight is 229 g/mol. The van der Waals surface area contributed by atoms with E-state index >= 15 is 0 Å². The number of hydrogen-bond donors (Lipinski definition) is 1. The second-order valence-corrected chi connectivity index (χ2v) is 4.60. The van der Waals surface area contributed by atoms with Crippen molar-refractivity contribution in [2.75, 3.05) is 5.73 Å². The minimum absolute atomic E-state index is 0.781. The Balaban J connectivity index is 2.32. The van der Waals surface area contributed by atoms with Crippen molar-refractivity contribution in [3.8, 4) is 11.4 Å². The van der Waals surface area contributed by atoms with Gasteiger partial charge in [-0.1, -0.05) is 0 Å². The lowest BCUT2D eigenvalue weighted by Gasteiger charge is -2.00. The molecule has 4 heteroatoms. The van der Waals surface area contributed by atoms with Crippen molar-refractivity contribution >= 4 is 27.3 Å². The molecule has 0 aliphatic rings. The third-order valence-corrected chi connectivity index (χ3v) is 3.51. The first-order chi connectivity index (χ1) is 7.75. The second-order valence-electron chi connectivity index (χ2n) is 3.79. The molecule has 3 rings (SSSR count). The van der Waals surface area contributed by atoms with Gasteiger partial charge in [0.25, 0.3) is 0 Å². The van der Waals surface area contributed by atoms with Gasteiger partial charge >= 0.3 is 0 Å². The van der Waals surface area contributed by atoms with E-state index in [4.69, 9.17) is 5.73 Å². The van der Waals surface area contributed by atoms with Crippen LogP contribution in [0.2, 0.25) is 0 Å². The summed E-state index contributed by atoms with van der Waals surface area (Å²) in [7, 11) is 2.02. The van der Waals surface area contributed by atoms with Crippen LogP contribution in [0.5, 0.6) is 0 Å². The Morgan fingerprint density at radius 1 is 1.31 bits per heavy atom. The lowest BCUT2D eigenvalue weighted by molar-refractivity contribution is 0.935. The van der Waals surface area contributed by atoms with Crippen molar-refractivity contribution in [3.63, 3.8) is 0 Å². The normalized spacial score (nSPS) is 11.1. The van der Waals surface area contributed by atoms with Crippen LogP contribution >= 0.6 is 11.5 Å². The highest BCUT2D eigenvalue weighted by Crippen LogP contribution is 2.31. The van der Waals surface area contributed by atoms with Crippen molar-refractivity contribution in [3.05, 3.63) is 36.5 Å². The number of nitrogen functional groups attached to an aromatic ring is 1. The molecule has 0 bridgehead atoms. The van der Waals surface area contributed by atoms with Crippen LogP contribution in [0.25, 0.3) is 21.5 Å². The van der Waals surface area contributed by atoms with E-state index in [1.54, 1.807) is 0 Å². The monoisotopic (exact) mass is 229 g/mol. The molecule has 0 atom stereocenters. The molecular weight excluding hydrogens is 218 g/mol. The lowest BCUT2D eigenvalue weighted by Crippen LogP contribution is -1.90. The summed E-state index contributed by atoms with van der Waals surface area (Å²) in [5.74, 6) is 0. The van der Waals surface area contributed by atoms with Gasteiger partial charge in [0.05, 0.1) is 10.4 Å². The zero-order chi connectivity index (χ0) is 11.1. The number of aryl methyl sites for hydroxylation is 1. The van der Waals surface area contributed by atoms with E-state index in [1.165, 1.54) is 16.2 Å². The van der Waals surface area contributed by atoms with Crippen molar-refractivity contribution < 1.29 is 0 Å². The number of benzene rings is 1. The molecular formula is C12H11N3S. The summed E-state index contributed by atoms with van der Waals surface area (Å²) in [4.78, 5) is 0. The van der Waals surface area contributed by atoms with E-state index in [1.807, 2.05) is 37.5 Å². The van der Waals surface area contributed by atoms with E-state index in [0.717, 1.165) is 22.5 Å². The van der Waals surface area contributed by atoms with Gasteiger partial charge in [-0.15, -0.1) is 0 Å². The van der Waals surface area contributed by atoms with Crippen molar-refractivity contribution in [2.45, 2.75) is 0 Å². The molecule has 0 unspecified atom stereocenters.